The third-order valence-electron chi connectivity index (χ3n) is 3.30. The molecule has 0 radical (unpaired) electrons. The molecule has 2 N–H and O–H groups in total. The standard InChI is InChI=1S/C11H14N2O3/c1-11(7-5-3-2-4-6-7)8(14)12-10(16)13-9(11)15/h5H,2-4,6H2,1H3,(H2,12,13,14,15,16). The highest BCUT2D eigenvalue weighted by molar-refractivity contribution is 6.20. The van der Waals surface area contributed by atoms with Crippen molar-refractivity contribution < 1.29 is 14.4 Å². The summed E-state index contributed by atoms with van der Waals surface area (Å²) < 4.78 is 0. The molecule has 2 rings (SSSR count). The molecule has 5 nitrogen and oxygen atoms in total. The summed E-state index contributed by atoms with van der Waals surface area (Å²) in [7, 11) is 0. The van der Waals surface area contributed by atoms with Gasteiger partial charge in [-0.1, -0.05) is 6.08 Å². The fraction of sp³-hybridized carbons (Fsp3) is 0.545. The van der Waals surface area contributed by atoms with Gasteiger partial charge in [-0.05, 0) is 38.2 Å². The first kappa shape index (κ1) is 10.9. The van der Waals surface area contributed by atoms with Crippen LogP contribution >= 0.6 is 0 Å². The van der Waals surface area contributed by atoms with E-state index in [4.69, 9.17) is 0 Å². The lowest BCUT2D eigenvalue weighted by atomic mass is 9.74. The Balaban J connectivity index is 2.35. The Kier molecular flexibility index (Phi) is 2.53. The third kappa shape index (κ3) is 1.52. The van der Waals surface area contributed by atoms with Crippen molar-refractivity contribution in [3.63, 3.8) is 0 Å². The van der Waals surface area contributed by atoms with E-state index in [0.29, 0.717) is 0 Å². The van der Waals surface area contributed by atoms with Crippen molar-refractivity contribution in [2.75, 3.05) is 0 Å². The number of hydrogen-bond acceptors (Lipinski definition) is 3. The van der Waals surface area contributed by atoms with E-state index in [1.165, 1.54) is 0 Å². The Morgan fingerprint density at radius 2 is 1.75 bits per heavy atom. The molecule has 0 aromatic rings. The zero-order valence-corrected chi connectivity index (χ0v) is 9.13. The summed E-state index contributed by atoms with van der Waals surface area (Å²) in [6.45, 7) is 1.57. The van der Waals surface area contributed by atoms with Crippen molar-refractivity contribution in [2.24, 2.45) is 5.41 Å². The van der Waals surface area contributed by atoms with Crippen molar-refractivity contribution in [3.05, 3.63) is 11.6 Å². The monoisotopic (exact) mass is 222 g/mol. The summed E-state index contributed by atoms with van der Waals surface area (Å²) in [5.41, 5.74) is -0.393. The molecule has 0 atom stereocenters. The van der Waals surface area contributed by atoms with Gasteiger partial charge in [-0.3, -0.25) is 20.2 Å². The molecule has 1 heterocycles. The van der Waals surface area contributed by atoms with Crippen LogP contribution in [0.15, 0.2) is 11.6 Å². The second-order valence-electron chi connectivity index (χ2n) is 4.34. The van der Waals surface area contributed by atoms with Gasteiger partial charge in [0.25, 0.3) is 0 Å². The number of hydrogen-bond donors (Lipinski definition) is 2. The molecule has 86 valence electrons. The quantitative estimate of drug-likeness (QED) is 0.510. The van der Waals surface area contributed by atoms with Crippen molar-refractivity contribution in [1.29, 1.82) is 0 Å². The maximum absolute atomic E-state index is 11.8. The summed E-state index contributed by atoms with van der Waals surface area (Å²) in [6.07, 6.45) is 5.64. The van der Waals surface area contributed by atoms with Crippen LogP contribution in [-0.4, -0.2) is 17.8 Å². The number of nitrogens with one attached hydrogen (secondary N) is 2. The van der Waals surface area contributed by atoms with Crippen LogP contribution in [0.4, 0.5) is 4.79 Å². The van der Waals surface area contributed by atoms with Gasteiger partial charge in [-0.2, -0.15) is 0 Å². The Morgan fingerprint density at radius 1 is 1.12 bits per heavy atom. The van der Waals surface area contributed by atoms with Crippen LogP contribution in [-0.2, 0) is 9.59 Å². The fourth-order valence-corrected chi connectivity index (χ4v) is 2.17. The smallest absolute Gasteiger partial charge is 0.277 e. The number of barbiturate groups is 1. The molecule has 1 fully saturated rings. The SMILES string of the molecule is CC1(C2=CCCCC2)C(=O)NC(=O)NC1=O. The van der Waals surface area contributed by atoms with Crippen LogP contribution in [0.25, 0.3) is 0 Å². The minimum Gasteiger partial charge on any atom is -0.277 e. The van der Waals surface area contributed by atoms with E-state index in [1.54, 1.807) is 6.92 Å². The first-order valence-corrected chi connectivity index (χ1v) is 5.41. The molecule has 0 saturated carbocycles. The average Bonchev–Trinajstić information content (AvgIpc) is 2.27. The predicted molar refractivity (Wildman–Crippen MR) is 56.3 cm³/mol. The van der Waals surface area contributed by atoms with Crippen LogP contribution in [0, 0.1) is 5.41 Å². The van der Waals surface area contributed by atoms with Crippen LogP contribution in [0.2, 0.25) is 0 Å². The molecule has 0 bridgehead atoms. The van der Waals surface area contributed by atoms with Crippen LogP contribution in [0.5, 0.6) is 0 Å². The molecule has 0 aromatic heterocycles. The van der Waals surface area contributed by atoms with Gasteiger partial charge in [0, 0.05) is 0 Å². The highest BCUT2D eigenvalue weighted by atomic mass is 16.2. The van der Waals surface area contributed by atoms with E-state index in [2.05, 4.69) is 10.6 Å². The maximum atomic E-state index is 11.8. The molecular formula is C11H14N2O3. The van der Waals surface area contributed by atoms with Crippen LogP contribution in [0.3, 0.4) is 0 Å². The zero-order chi connectivity index (χ0) is 11.8. The molecule has 1 saturated heterocycles. The summed E-state index contributed by atoms with van der Waals surface area (Å²) >= 11 is 0. The third-order valence-corrected chi connectivity index (χ3v) is 3.30. The number of urea groups is 1. The summed E-state index contributed by atoms with van der Waals surface area (Å²) in [6, 6.07) is -0.733. The van der Waals surface area contributed by atoms with Crippen molar-refractivity contribution in [3.8, 4) is 0 Å². The molecular weight excluding hydrogens is 208 g/mol. The predicted octanol–water partition coefficient (Wildman–Crippen LogP) is 0.859. The fourth-order valence-electron chi connectivity index (χ4n) is 2.17. The van der Waals surface area contributed by atoms with Gasteiger partial charge in [-0.15, -0.1) is 0 Å². The Labute approximate surface area is 93.3 Å². The lowest BCUT2D eigenvalue weighted by Gasteiger charge is -2.34. The first-order chi connectivity index (χ1) is 7.55. The Bertz CT molecular complexity index is 378. The molecule has 5 heteroatoms. The van der Waals surface area contributed by atoms with E-state index >= 15 is 0 Å². The van der Waals surface area contributed by atoms with E-state index in [0.717, 1.165) is 31.3 Å². The number of carbonyl (C=O) groups excluding carboxylic acids is 3. The number of allylic oxidation sites excluding steroid dienone is 1. The van der Waals surface area contributed by atoms with Gasteiger partial charge >= 0.3 is 6.03 Å². The molecule has 1 aliphatic carbocycles. The minimum absolute atomic E-state index is 0.519. The number of carbonyl (C=O) groups is 3. The lowest BCUT2D eigenvalue weighted by Crippen LogP contribution is -2.62. The lowest BCUT2D eigenvalue weighted by molar-refractivity contribution is -0.140. The largest absolute Gasteiger partial charge is 0.328 e. The summed E-state index contributed by atoms with van der Waals surface area (Å²) in [5.74, 6) is -1.04. The topological polar surface area (TPSA) is 75.3 Å². The van der Waals surface area contributed by atoms with E-state index in [9.17, 15) is 14.4 Å². The van der Waals surface area contributed by atoms with Gasteiger partial charge in [0.15, 0.2) is 0 Å². The Hall–Kier alpha value is -1.65. The maximum Gasteiger partial charge on any atom is 0.328 e. The highest BCUT2D eigenvalue weighted by Gasteiger charge is 2.48. The molecule has 1 aliphatic heterocycles. The number of rotatable bonds is 1. The average molecular weight is 222 g/mol. The van der Waals surface area contributed by atoms with Gasteiger partial charge in [0.1, 0.15) is 5.41 Å². The minimum atomic E-state index is -1.21. The summed E-state index contributed by atoms with van der Waals surface area (Å²) in [5, 5.41) is 4.29. The highest BCUT2D eigenvalue weighted by Crippen LogP contribution is 2.35. The molecule has 4 amide bonds. The first-order valence-electron chi connectivity index (χ1n) is 5.41. The van der Waals surface area contributed by atoms with Crippen molar-refractivity contribution in [2.45, 2.75) is 32.6 Å². The van der Waals surface area contributed by atoms with E-state index in [1.807, 2.05) is 6.08 Å². The van der Waals surface area contributed by atoms with Gasteiger partial charge < -0.3 is 0 Å². The van der Waals surface area contributed by atoms with Crippen LogP contribution in [0.1, 0.15) is 32.6 Å². The van der Waals surface area contributed by atoms with Gasteiger partial charge in [-0.25, -0.2) is 4.79 Å². The van der Waals surface area contributed by atoms with E-state index in [-0.39, 0.29) is 0 Å². The number of amides is 4. The molecule has 0 aromatic carbocycles. The van der Waals surface area contributed by atoms with E-state index < -0.39 is 23.3 Å². The van der Waals surface area contributed by atoms with Crippen molar-refractivity contribution >= 4 is 17.8 Å². The normalized spacial score (nSPS) is 24.6. The summed E-state index contributed by atoms with van der Waals surface area (Å²) in [4.78, 5) is 34.6. The second kappa shape index (κ2) is 3.73. The molecule has 0 unspecified atom stereocenters. The molecule has 0 spiro atoms. The van der Waals surface area contributed by atoms with Gasteiger partial charge in [0.05, 0.1) is 0 Å². The van der Waals surface area contributed by atoms with Crippen LogP contribution < -0.4 is 10.6 Å². The van der Waals surface area contributed by atoms with Crippen molar-refractivity contribution in [1.82, 2.24) is 10.6 Å². The second-order valence-corrected chi connectivity index (χ2v) is 4.34. The Morgan fingerprint density at radius 3 is 2.25 bits per heavy atom. The zero-order valence-electron chi connectivity index (χ0n) is 9.13. The molecule has 16 heavy (non-hydrogen) atoms. The molecule has 2 aliphatic rings. The number of imide groups is 2. The van der Waals surface area contributed by atoms with Gasteiger partial charge in [0.2, 0.25) is 11.8 Å².